The van der Waals surface area contributed by atoms with E-state index in [9.17, 15) is 5.11 Å². The Bertz CT molecular complexity index is 294. The van der Waals surface area contributed by atoms with Crippen molar-refractivity contribution < 1.29 is 9.84 Å². The molecule has 0 saturated carbocycles. The number of ether oxygens (including phenoxy) is 1. The molecule has 1 rings (SSSR count). The monoisotopic (exact) mass is 208 g/mol. The van der Waals surface area contributed by atoms with Crippen LogP contribution in [0.25, 0.3) is 0 Å². The van der Waals surface area contributed by atoms with Crippen molar-refractivity contribution in [3.05, 3.63) is 29.8 Å². The Morgan fingerprint density at radius 2 is 2.07 bits per heavy atom. The van der Waals surface area contributed by atoms with Crippen LogP contribution in [0.1, 0.15) is 45.3 Å². The van der Waals surface area contributed by atoms with E-state index in [1.54, 1.807) is 6.92 Å². The van der Waals surface area contributed by atoms with E-state index in [1.807, 2.05) is 24.3 Å². The summed E-state index contributed by atoms with van der Waals surface area (Å²) in [6.45, 7) is 5.97. The van der Waals surface area contributed by atoms with E-state index in [1.165, 1.54) is 0 Å². The van der Waals surface area contributed by atoms with E-state index >= 15 is 0 Å². The second-order valence-corrected chi connectivity index (χ2v) is 3.97. The van der Waals surface area contributed by atoms with Crippen LogP contribution in [0.15, 0.2) is 24.3 Å². The first-order chi connectivity index (χ1) is 7.13. The standard InChI is InChI=1S/C13H20O2/c1-4-6-10(2)15-13-8-5-7-12(9-13)11(3)14/h5,7-11,14H,4,6H2,1-3H3. The molecular formula is C13H20O2. The summed E-state index contributed by atoms with van der Waals surface area (Å²) in [5.74, 6) is 0.842. The zero-order valence-corrected chi connectivity index (χ0v) is 9.73. The molecule has 0 aliphatic heterocycles. The molecule has 0 amide bonds. The van der Waals surface area contributed by atoms with Gasteiger partial charge in [0.25, 0.3) is 0 Å². The van der Waals surface area contributed by atoms with Crippen LogP contribution >= 0.6 is 0 Å². The number of benzene rings is 1. The third-order valence-electron chi connectivity index (χ3n) is 2.37. The lowest BCUT2D eigenvalue weighted by Gasteiger charge is -2.15. The quantitative estimate of drug-likeness (QED) is 0.804. The largest absolute Gasteiger partial charge is 0.491 e. The van der Waals surface area contributed by atoms with E-state index in [4.69, 9.17) is 4.74 Å². The first kappa shape index (κ1) is 12.1. The van der Waals surface area contributed by atoms with Crippen LogP contribution in [-0.4, -0.2) is 11.2 Å². The third kappa shape index (κ3) is 3.92. The minimum Gasteiger partial charge on any atom is -0.491 e. The average Bonchev–Trinajstić information content (AvgIpc) is 2.18. The van der Waals surface area contributed by atoms with Gasteiger partial charge in [0.05, 0.1) is 12.2 Å². The molecule has 0 bridgehead atoms. The molecular weight excluding hydrogens is 188 g/mol. The number of aliphatic hydroxyl groups excluding tert-OH is 1. The molecule has 0 aromatic heterocycles. The van der Waals surface area contributed by atoms with Gasteiger partial charge in [0.1, 0.15) is 5.75 Å². The fourth-order valence-corrected chi connectivity index (χ4v) is 1.55. The minimum atomic E-state index is -0.435. The van der Waals surface area contributed by atoms with E-state index in [0.29, 0.717) is 0 Å². The predicted molar refractivity (Wildman–Crippen MR) is 62.1 cm³/mol. The van der Waals surface area contributed by atoms with Crippen LogP contribution in [0.3, 0.4) is 0 Å². The van der Waals surface area contributed by atoms with Gasteiger partial charge < -0.3 is 9.84 Å². The zero-order chi connectivity index (χ0) is 11.3. The maximum atomic E-state index is 9.43. The normalized spacial score (nSPS) is 14.7. The number of hydrogen-bond acceptors (Lipinski definition) is 2. The van der Waals surface area contributed by atoms with Crippen molar-refractivity contribution in [2.24, 2.45) is 0 Å². The lowest BCUT2D eigenvalue weighted by Crippen LogP contribution is -2.11. The van der Waals surface area contributed by atoms with Gasteiger partial charge in [-0.2, -0.15) is 0 Å². The Morgan fingerprint density at radius 3 is 2.67 bits per heavy atom. The Kier molecular flexibility index (Phi) is 4.63. The molecule has 84 valence electrons. The van der Waals surface area contributed by atoms with Crippen molar-refractivity contribution in [3.8, 4) is 5.75 Å². The highest BCUT2D eigenvalue weighted by Gasteiger charge is 2.05. The van der Waals surface area contributed by atoms with E-state index in [-0.39, 0.29) is 6.10 Å². The molecule has 0 radical (unpaired) electrons. The van der Waals surface area contributed by atoms with Crippen LogP contribution in [0, 0.1) is 0 Å². The summed E-state index contributed by atoms with van der Waals surface area (Å²) in [6.07, 6.45) is 1.98. The molecule has 1 N–H and O–H groups in total. The fourth-order valence-electron chi connectivity index (χ4n) is 1.55. The van der Waals surface area contributed by atoms with E-state index in [0.717, 1.165) is 24.2 Å². The van der Waals surface area contributed by atoms with Crippen molar-refractivity contribution in [2.75, 3.05) is 0 Å². The summed E-state index contributed by atoms with van der Waals surface area (Å²) in [5.41, 5.74) is 0.899. The highest BCUT2D eigenvalue weighted by atomic mass is 16.5. The third-order valence-corrected chi connectivity index (χ3v) is 2.37. The van der Waals surface area contributed by atoms with Gasteiger partial charge in [0, 0.05) is 0 Å². The second-order valence-electron chi connectivity index (χ2n) is 3.97. The summed E-state index contributed by atoms with van der Waals surface area (Å²) >= 11 is 0. The maximum Gasteiger partial charge on any atom is 0.120 e. The highest BCUT2D eigenvalue weighted by molar-refractivity contribution is 5.29. The Morgan fingerprint density at radius 1 is 1.33 bits per heavy atom. The summed E-state index contributed by atoms with van der Waals surface area (Å²) in [4.78, 5) is 0. The highest BCUT2D eigenvalue weighted by Crippen LogP contribution is 2.20. The molecule has 1 aromatic carbocycles. The van der Waals surface area contributed by atoms with Gasteiger partial charge in [-0.25, -0.2) is 0 Å². The van der Waals surface area contributed by atoms with E-state index < -0.39 is 6.10 Å². The first-order valence-electron chi connectivity index (χ1n) is 5.58. The van der Waals surface area contributed by atoms with Gasteiger partial charge in [-0.15, -0.1) is 0 Å². The molecule has 0 spiro atoms. The maximum absolute atomic E-state index is 9.43. The van der Waals surface area contributed by atoms with Crippen LogP contribution < -0.4 is 4.74 Å². The molecule has 0 aliphatic carbocycles. The van der Waals surface area contributed by atoms with Crippen molar-refractivity contribution in [3.63, 3.8) is 0 Å². The topological polar surface area (TPSA) is 29.5 Å². The number of rotatable bonds is 5. The van der Waals surface area contributed by atoms with Crippen LogP contribution in [-0.2, 0) is 0 Å². The van der Waals surface area contributed by atoms with Gasteiger partial charge in [0.15, 0.2) is 0 Å². The molecule has 2 atom stereocenters. The van der Waals surface area contributed by atoms with Gasteiger partial charge in [-0.3, -0.25) is 0 Å². The Balaban J connectivity index is 2.65. The zero-order valence-electron chi connectivity index (χ0n) is 9.73. The van der Waals surface area contributed by atoms with Crippen molar-refractivity contribution >= 4 is 0 Å². The Hall–Kier alpha value is -1.02. The predicted octanol–water partition coefficient (Wildman–Crippen LogP) is 3.31. The molecule has 2 nitrogen and oxygen atoms in total. The van der Waals surface area contributed by atoms with Gasteiger partial charge >= 0.3 is 0 Å². The van der Waals surface area contributed by atoms with Crippen molar-refractivity contribution in [2.45, 2.75) is 45.8 Å². The van der Waals surface area contributed by atoms with Gasteiger partial charge in [0.2, 0.25) is 0 Å². The molecule has 1 aromatic rings. The van der Waals surface area contributed by atoms with Crippen LogP contribution in [0.2, 0.25) is 0 Å². The van der Waals surface area contributed by atoms with Crippen molar-refractivity contribution in [1.29, 1.82) is 0 Å². The van der Waals surface area contributed by atoms with Crippen LogP contribution in [0.4, 0.5) is 0 Å². The van der Waals surface area contributed by atoms with E-state index in [2.05, 4.69) is 13.8 Å². The Labute approximate surface area is 91.9 Å². The molecule has 2 heteroatoms. The summed E-state index contributed by atoms with van der Waals surface area (Å²) in [7, 11) is 0. The van der Waals surface area contributed by atoms with Crippen molar-refractivity contribution in [1.82, 2.24) is 0 Å². The number of aliphatic hydroxyl groups is 1. The molecule has 2 unspecified atom stereocenters. The average molecular weight is 208 g/mol. The second kappa shape index (κ2) is 5.76. The molecule has 0 heterocycles. The first-order valence-corrected chi connectivity index (χ1v) is 5.58. The minimum absolute atomic E-state index is 0.235. The smallest absolute Gasteiger partial charge is 0.120 e. The SMILES string of the molecule is CCCC(C)Oc1cccc(C(C)O)c1. The number of hydrogen-bond donors (Lipinski definition) is 1. The van der Waals surface area contributed by atoms with Gasteiger partial charge in [-0.1, -0.05) is 25.5 Å². The van der Waals surface area contributed by atoms with Gasteiger partial charge in [-0.05, 0) is 38.0 Å². The summed E-state index contributed by atoms with van der Waals surface area (Å²) in [6, 6.07) is 7.65. The summed E-state index contributed by atoms with van der Waals surface area (Å²) < 4.78 is 5.73. The molecule has 0 aliphatic rings. The molecule has 0 saturated heterocycles. The lowest BCUT2D eigenvalue weighted by molar-refractivity contribution is 0.193. The molecule has 15 heavy (non-hydrogen) atoms. The lowest BCUT2D eigenvalue weighted by atomic mass is 10.1. The summed E-state index contributed by atoms with van der Waals surface area (Å²) in [5, 5.41) is 9.43. The fraction of sp³-hybridized carbons (Fsp3) is 0.538. The molecule has 0 fully saturated rings. The van der Waals surface area contributed by atoms with Crippen LogP contribution in [0.5, 0.6) is 5.75 Å².